The van der Waals surface area contributed by atoms with E-state index in [1.54, 1.807) is 60.7 Å². The number of quaternary nitrogens is 1. The van der Waals surface area contributed by atoms with Gasteiger partial charge in [0.25, 0.3) is 15.9 Å². The summed E-state index contributed by atoms with van der Waals surface area (Å²) in [5.41, 5.74) is 3.27. The first-order valence-corrected chi connectivity index (χ1v) is 12.3. The Kier molecular flexibility index (Phi) is 7.32. The number of carbonyl (C=O) groups is 1. The van der Waals surface area contributed by atoms with Crippen LogP contribution in [0, 0.1) is 5.21 Å². The smallest absolute Gasteiger partial charge is 0.261 e. The number of aromatic hydroxyl groups is 1. The third-order valence-electron chi connectivity index (χ3n) is 5.39. The van der Waals surface area contributed by atoms with Crippen LogP contribution >= 0.6 is 0 Å². The summed E-state index contributed by atoms with van der Waals surface area (Å²) in [7, 11) is -3.92. The summed E-state index contributed by atoms with van der Waals surface area (Å²) in [5.74, 6) is -0.0993. The van der Waals surface area contributed by atoms with Crippen molar-refractivity contribution in [3.05, 3.63) is 113 Å². The Morgan fingerprint density at radius 2 is 1.47 bits per heavy atom. The van der Waals surface area contributed by atoms with Gasteiger partial charge in [0.2, 0.25) is 0 Å². The van der Waals surface area contributed by atoms with E-state index in [0.29, 0.717) is 16.8 Å². The van der Waals surface area contributed by atoms with E-state index in [1.165, 1.54) is 24.3 Å². The molecule has 5 N–H and O–H groups in total. The van der Waals surface area contributed by atoms with Crippen molar-refractivity contribution < 1.29 is 28.8 Å². The van der Waals surface area contributed by atoms with Crippen molar-refractivity contribution in [2.45, 2.75) is 11.4 Å². The molecule has 4 aromatic rings. The molecule has 0 heterocycles. The number of sulfonamides is 1. The topological polar surface area (TPSA) is 143 Å². The van der Waals surface area contributed by atoms with Gasteiger partial charge in [-0.05, 0) is 65.2 Å². The monoisotopic (exact) mass is 505 g/mol. The molecule has 1 unspecified atom stereocenters. The number of nitrogens with one attached hydrogen (secondary N) is 3. The molecule has 36 heavy (non-hydrogen) atoms. The highest BCUT2D eigenvalue weighted by atomic mass is 32.2. The number of anilines is 1. The molecule has 9 nitrogen and oxygen atoms in total. The molecule has 0 aliphatic rings. The Hall–Kier alpha value is -4.22. The van der Waals surface area contributed by atoms with Crippen molar-refractivity contribution in [1.82, 2.24) is 5.32 Å². The fourth-order valence-corrected chi connectivity index (χ4v) is 4.54. The van der Waals surface area contributed by atoms with Crippen molar-refractivity contribution in [3.63, 3.8) is 0 Å². The molecule has 0 aromatic heterocycles. The second kappa shape index (κ2) is 10.6. The number of benzene rings is 4. The van der Waals surface area contributed by atoms with Gasteiger partial charge >= 0.3 is 0 Å². The maximum atomic E-state index is 12.7. The van der Waals surface area contributed by atoms with Gasteiger partial charge in [-0.25, -0.2) is 13.6 Å². The molecule has 0 saturated carbocycles. The Morgan fingerprint density at radius 3 is 2.08 bits per heavy atom. The number of carbonyl (C=O) groups excluding carboxylic acids is 1. The molecule has 10 heteroatoms. The van der Waals surface area contributed by atoms with Crippen LogP contribution in [0.4, 0.5) is 11.4 Å². The largest absolute Gasteiger partial charge is 0.595 e. The van der Waals surface area contributed by atoms with Crippen LogP contribution < -0.4 is 15.3 Å². The van der Waals surface area contributed by atoms with E-state index in [9.17, 15) is 23.5 Å². The van der Waals surface area contributed by atoms with Gasteiger partial charge < -0.3 is 15.6 Å². The number of phenols is 1. The zero-order valence-electron chi connectivity index (χ0n) is 18.9. The van der Waals surface area contributed by atoms with Gasteiger partial charge in [0.15, 0.2) is 5.69 Å². The lowest BCUT2D eigenvalue weighted by Crippen LogP contribution is -2.99. The summed E-state index contributed by atoms with van der Waals surface area (Å²) in [6, 6.07) is 25.3. The summed E-state index contributed by atoms with van der Waals surface area (Å²) in [5, 5.41) is 31.0. The second-order valence-electron chi connectivity index (χ2n) is 7.94. The zero-order chi connectivity index (χ0) is 25.7. The summed E-state index contributed by atoms with van der Waals surface area (Å²) < 4.78 is 27.8. The van der Waals surface area contributed by atoms with E-state index in [0.717, 1.165) is 11.1 Å². The molecule has 0 spiro atoms. The molecule has 0 bridgehead atoms. The van der Waals surface area contributed by atoms with E-state index in [-0.39, 0.29) is 28.8 Å². The van der Waals surface area contributed by atoms with Crippen molar-refractivity contribution in [2.75, 3.05) is 4.72 Å². The molecule has 0 saturated heterocycles. The predicted molar refractivity (Wildman–Crippen MR) is 134 cm³/mol. The van der Waals surface area contributed by atoms with Gasteiger partial charge in [-0.15, -0.1) is 0 Å². The third-order valence-corrected chi connectivity index (χ3v) is 6.79. The lowest BCUT2D eigenvalue weighted by molar-refractivity contribution is -0.991. The summed E-state index contributed by atoms with van der Waals surface area (Å²) >= 11 is 0. The molecule has 4 rings (SSSR count). The van der Waals surface area contributed by atoms with Crippen molar-refractivity contribution in [2.24, 2.45) is 0 Å². The van der Waals surface area contributed by atoms with E-state index in [4.69, 9.17) is 5.21 Å². The highest BCUT2D eigenvalue weighted by Crippen LogP contribution is 2.22. The fraction of sp³-hybridized carbons (Fsp3) is 0.0385. The molecule has 1 atom stereocenters. The lowest BCUT2D eigenvalue weighted by atomic mass is 10.0. The van der Waals surface area contributed by atoms with Gasteiger partial charge in [-0.2, -0.15) is 5.23 Å². The van der Waals surface area contributed by atoms with Crippen LogP contribution in [0.25, 0.3) is 11.1 Å². The van der Waals surface area contributed by atoms with Crippen molar-refractivity contribution in [3.8, 4) is 16.9 Å². The molecule has 0 radical (unpaired) electrons. The molecule has 1 amide bonds. The normalized spacial score (nSPS) is 12.1. The van der Waals surface area contributed by atoms with E-state index < -0.39 is 15.2 Å². The third kappa shape index (κ3) is 6.06. The van der Waals surface area contributed by atoms with Crippen LogP contribution in [0.3, 0.4) is 0 Å². The average molecular weight is 506 g/mol. The first-order valence-electron chi connectivity index (χ1n) is 10.8. The highest BCUT2D eigenvalue weighted by Gasteiger charge is 2.15. The maximum Gasteiger partial charge on any atom is 0.261 e. The average Bonchev–Trinajstić information content (AvgIpc) is 2.88. The molecule has 184 valence electrons. The standard InChI is InChI=1S/C26H23N3O6S/c30-24-12-8-20(9-13-24)19-4-6-21(7-5-19)26(31)27-17-18-2-1-3-22(16-18)28-36(34,35)25-14-10-23(11-15-25)29(32)33/h1-16,28-30,32H,17H2,(H,27,31). The predicted octanol–water partition coefficient (Wildman–Crippen LogP) is 3.19. The van der Waals surface area contributed by atoms with Crippen LogP contribution in [-0.4, -0.2) is 24.6 Å². The number of hydrogen-bond donors (Lipinski definition) is 5. The minimum Gasteiger partial charge on any atom is -0.595 e. The number of phenolic OH excluding ortho intramolecular Hbond substituents is 1. The minimum absolute atomic E-state index is 0.0123. The quantitative estimate of drug-likeness (QED) is 0.233. The van der Waals surface area contributed by atoms with Gasteiger partial charge in [-0.1, -0.05) is 36.4 Å². The Bertz CT molecular complexity index is 1450. The van der Waals surface area contributed by atoms with E-state index >= 15 is 0 Å². The number of amides is 1. The summed E-state index contributed by atoms with van der Waals surface area (Å²) in [6.07, 6.45) is 0. The van der Waals surface area contributed by atoms with Crippen LogP contribution in [0.1, 0.15) is 15.9 Å². The first kappa shape index (κ1) is 24.9. The minimum atomic E-state index is -3.92. The molecular weight excluding hydrogens is 482 g/mol. The van der Waals surface area contributed by atoms with Crippen molar-refractivity contribution >= 4 is 27.3 Å². The maximum absolute atomic E-state index is 12.7. The van der Waals surface area contributed by atoms with Gasteiger partial charge in [0.05, 0.1) is 4.90 Å². The number of hydrogen-bond acceptors (Lipinski definition) is 6. The molecule has 0 fully saturated rings. The lowest BCUT2D eigenvalue weighted by Gasteiger charge is -2.13. The molecule has 0 aliphatic carbocycles. The van der Waals surface area contributed by atoms with Gasteiger partial charge in [0.1, 0.15) is 5.75 Å². The molecule has 0 aliphatic heterocycles. The van der Waals surface area contributed by atoms with Crippen molar-refractivity contribution in [1.29, 1.82) is 0 Å². The summed E-state index contributed by atoms with van der Waals surface area (Å²) in [4.78, 5) is 12.5. The second-order valence-corrected chi connectivity index (χ2v) is 9.62. The van der Waals surface area contributed by atoms with Crippen LogP contribution in [0.5, 0.6) is 5.75 Å². The Labute approximate surface area is 207 Å². The SMILES string of the molecule is O=C(NCc1cccc(NS(=O)(=O)c2ccc([NH+]([O-])O)cc2)c1)c1ccc(-c2ccc(O)cc2)cc1. The van der Waals surface area contributed by atoms with Crippen LogP contribution in [0.15, 0.2) is 102 Å². The molecular formula is C26H23N3O6S. The van der Waals surface area contributed by atoms with Gasteiger partial charge in [-0.3, -0.25) is 9.52 Å². The Morgan fingerprint density at radius 1 is 0.861 bits per heavy atom. The number of rotatable bonds is 8. The van der Waals surface area contributed by atoms with E-state index in [2.05, 4.69) is 10.0 Å². The first-order chi connectivity index (χ1) is 17.2. The summed E-state index contributed by atoms with van der Waals surface area (Å²) in [6.45, 7) is 0.182. The zero-order valence-corrected chi connectivity index (χ0v) is 19.7. The van der Waals surface area contributed by atoms with Crippen LogP contribution in [0.2, 0.25) is 0 Å². The highest BCUT2D eigenvalue weighted by molar-refractivity contribution is 7.92. The fourth-order valence-electron chi connectivity index (χ4n) is 3.49. The Balaban J connectivity index is 1.38. The van der Waals surface area contributed by atoms with E-state index in [1.807, 2.05) is 12.1 Å². The molecule has 4 aromatic carbocycles. The van der Waals surface area contributed by atoms with Gasteiger partial charge in [0, 0.05) is 29.9 Å². The van der Waals surface area contributed by atoms with Crippen LogP contribution in [-0.2, 0) is 16.6 Å².